The standard InChI is InChI=1S/C7H15NO3/c1-2-3-4-11-6(5-8)7(9)10/h6H,2-5,8H2,1H3,(H,9,10). The Morgan fingerprint density at radius 2 is 2.36 bits per heavy atom. The number of carboxylic acids is 1. The Balaban J connectivity index is 3.44. The maximum absolute atomic E-state index is 10.3. The van der Waals surface area contributed by atoms with Crippen LogP contribution in [-0.4, -0.2) is 30.3 Å². The summed E-state index contributed by atoms with van der Waals surface area (Å²) >= 11 is 0. The van der Waals surface area contributed by atoms with Crippen LogP contribution in [-0.2, 0) is 9.53 Å². The second-order valence-corrected chi connectivity index (χ2v) is 2.29. The molecule has 66 valence electrons. The van der Waals surface area contributed by atoms with Crippen molar-refractivity contribution in [1.29, 1.82) is 0 Å². The molecule has 0 saturated carbocycles. The van der Waals surface area contributed by atoms with Gasteiger partial charge in [0, 0.05) is 13.2 Å². The molecule has 0 amide bonds. The van der Waals surface area contributed by atoms with Crippen LogP contribution in [0, 0.1) is 0 Å². The number of unbranched alkanes of at least 4 members (excludes halogenated alkanes) is 1. The number of rotatable bonds is 6. The smallest absolute Gasteiger partial charge is 0.334 e. The molecule has 0 aliphatic heterocycles. The molecule has 0 radical (unpaired) electrons. The van der Waals surface area contributed by atoms with Crippen molar-refractivity contribution in [3.8, 4) is 0 Å². The Hall–Kier alpha value is -0.610. The summed E-state index contributed by atoms with van der Waals surface area (Å²) in [7, 11) is 0. The molecule has 0 rings (SSSR count). The SMILES string of the molecule is CCCCOC(CN)C(=O)O. The summed E-state index contributed by atoms with van der Waals surface area (Å²) in [6, 6.07) is 0. The highest BCUT2D eigenvalue weighted by Crippen LogP contribution is 1.94. The Morgan fingerprint density at radius 1 is 1.73 bits per heavy atom. The van der Waals surface area contributed by atoms with Gasteiger partial charge in [0.15, 0.2) is 6.10 Å². The molecule has 0 aliphatic carbocycles. The number of carbonyl (C=O) groups is 1. The molecule has 0 aromatic rings. The van der Waals surface area contributed by atoms with E-state index in [1.54, 1.807) is 0 Å². The van der Waals surface area contributed by atoms with Crippen LogP contribution in [0.2, 0.25) is 0 Å². The first-order valence-corrected chi connectivity index (χ1v) is 3.76. The molecule has 0 heterocycles. The van der Waals surface area contributed by atoms with Crippen LogP contribution < -0.4 is 5.73 Å². The van der Waals surface area contributed by atoms with Crippen molar-refractivity contribution in [3.63, 3.8) is 0 Å². The first kappa shape index (κ1) is 10.4. The van der Waals surface area contributed by atoms with E-state index in [1.165, 1.54) is 0 Å². The molecule has 0 aromatic heterocycles. The van der Waals surface area contributed by atoms with Crippen molar-refractivity contribution in [2.24, 2.45) is 5.73 Å². The van der Waals surface area contributed by atoms with Crippen molar-refractivity contribution >= 4 is 5.97 Å². The summed E-state index contributed by atoms with van der Waals surface area (Å²) in [6.45, 7) is 2.53. The van der Waals surface area contributed by atoms with E-state index >= 15 is 0 Å². The highest BCUT2D eigenvalue weighted by Gasteiger charge is 2.14. The molecule has 0 spiro atoms. The lowest BCUT2D eigenvalue weighted by Crippen LogP contribution is -2.32. The van der Waals surface area contributed by atoms with Gasteiger partial charge in [0.1, 0.15) is 0 Å². The fraction of sp³-hybridized carbons (Fsp3) is 0.857. The van der Waals surface area contributed by atoms with Crippen molar-refractivity contribution in [2.75, 3.05) is 13.2 Å². The van der Waals surface area contributed by atoms with Gasteiger partial charge in [0.05, 0.1) is 0 Å². The number of nitrogens with two attached hydrogens (primary N) is 1. The molecule has 0 aliphatic rings. The van der Waals surface area contributed by atoms with E-state index in [2.05, 4.69) is 0 Å². The first-order chi connectivity index (χ1) is 5.22. The normalized spacial score (nSPS) is 12.9. The minimum atomic E-state index is -0.983. The zero-order chi connectivity index (χ0) is 8.69. The van der Waals surface area contributed by atoms with Gasteiger partial charge in [-0.1, -0.05) is 13.3 Å². The second kappa shape index (κ2) is 6.12. The van der Waals surface area contributed by atoms with E-state index in [-0.39, 0.29) is 6.54 Å². The van der Waals surface area contributed by atoms with Gasteiger partial charge in [-0.25, -0.2) is 4.79 Å². The lowest BCUT2D eigenvalue weighted by atomic mass is 10.3. The van der Waals surface area contributed by atoms with E-state index in [9.17, 15) is 4.79 Å². The van der Waals surface area contributed by atoms with Gasteiger partial charge >= 0.3 is 5.97 Å². The van der Waals surface area contributed by atoms with Gasteiger partial charge in [0.2, 0.25) is 0 Å². The van der Waals surface area contributed by atoms with Crippen LogP contribution >= 0.6 is 0 Å². The Bertz CT molecular complexity index is 116. The van der Waals surface area contributed by atoms with Crippen LogP contribution in [0.25, 0.3) is 0 Å². The highest BCUT2D eigenvalue weighted by atomic mass is 16.5. The molecule has 1 atom stereocenters. The molecule has 4 heteroatoms. The van der Waals surface area contributed by atoms with Crippen LogP contribution in [0.4, 0.5) is 0 Å². The minimum absolute atomic E-state index is 0.0407. The fourth-order valence-electron chi connectivity index (χ4n) is 0.610. The highest BCUT2D eigenvalue weighted by molar-refractivity contribution is 5.72. The number of carboxylic acid groups (broad SMARTS) is 1. The number of aliphatic carboxylic acids is 1. The van der Waals surface area contributed by atoms with Crippen LogP contribution in [0.15, 0.2) is 0 Å². The minimum Gasteiger partial charge on any atom is -0.479 e. The summed E-state index contributed by atoms with van der Waals surface area (Å²) < 4.78 is 4.97. The average Bonchev–Trinajstić information content (AvgIpc) is 1.97. The van der Waals surface area contributed by atoms with Gasteiger partial charge in [-0.15, -0.1) is 0 Å². The topological polar surface area (TPSA) is 72.5 Å². The predicted molar refractivity (Wildman–Crippen MR) is 41.3 cm³/mol. The van der Waals surface area contributed by atoms with Gasteiger partial charge in [-0.3, -0.25) is 0 Å². The lowest BCUT2D eigenvalue weighted by Gasteiger charge is -2.09. The van der Waals surface area contributed by atoms with Crippen molar-refractivity contribution in [2.45, 2.75) is 25.9 Å². The molecule has 3 N–H and O–H groups in total. The van der Waals surface area contributed by atoms with Crippen LogP contribution in [0.1, 0.15) is 19.8 Å². The number of hydrogen-bond acceptors (Lipinski definition) is 3. The largest absolute Gasteiger partial charge is 0.479 e. The predicted octanol–water partition coefficient (Wildman–Crippen LogP) is 0.215. The summed E-state index contributed by atoms with van der Waals surface area (Å²) in [5.74, 6) is -0.983. The molecule has 0 saturated heterocycles. The first-order valence-electron chi connectivity index (χ1n) is 3.76. The Kier molecular flexibility index (Phi) is 5.78. The van der Waals surface area contributed by atoms with Crippen LogP contribution in [0.3, 0.4) is 0 Å². The number of hydrogen-bond donors (Lipinski definition) is 2. The quantitative estimate of drug-likeness (QED) is 0.546. The van der Waals surface area contributed by atoms with E-state index in [4.69, 9.17) is 15.6 Å². The third-order valence-corrected chi connectivity index (χ3v) is 1.31. The van der Waals surface area contributed by atoms with Crippen molar-refractivity contribution < 1.29 is 14.6 Å². The summed E-state index contributed by atoms with van der Waals surface area (Å²) in [4.78, 5) is 10.3. The van der Waals surface area contributed by atoms with E-state index in [1.807, 2.05) is 6.92 Å². The average molecular weight is 161 g/mol. The maximum Gasteiger partial charge on any atom is 0.334 e. The summed E-state index contributed by atoms with van der Waals surface area (Å²) in [6.07, 6.45) is 1.04. The van der Waals surface area contributed by atoms with E-state index < -0.39 is 12.1 Å². The molecular weight excluding hydrogens is 146 g/mol. The second-order valence-electron chi connectivity index (χ2n) is 2.29. The molecule has 0 aromatic carbocycles. The lowest BCUT2D eigenvalue weighted by molar-refractivity contribution is -0.149. The van der Waals surface area contributed by atoms with Crippen molar-refractivity contribution in [1.82, 2.24) is 0 Å². The van der Waals surface area contributed by atoms with E-state index in [0.29, 0.717) is 6.61 Å². The molecule has 0 fully saturated rings. The van der Waals surface area contributed by atoms with Crippen LogP contribution in [0.5, 0.6) is 0 Å². The monoisotopic (exact) mass is 161 g/mol. The Morgan fingerprint density at radius 3 is 2.73 bits per heavy atom. The zero-order valence-electron chi connectivity index (χ0n) is 6.75. The molecular formula is C7H15NO3. The molecule has 1 unspecified atom stereocenters. The summed E-state index contributed by atoms with van der Waals surface area (Å²) in [5.41, 5.74) is 5.15. The summed E-state index contributed by atoms with van der Waals surface area (Å²) in [5, 5.41) is 8.47. The van der Waals surface area contributed by atoms with E-state index in [0.717, 1.165) is 12.8 Å². The number of ether oxygens (including phenoxy) is 1. The van der Waals surface area contributed by atoms with Gasteiger partial charge in [-0.2, -0.15) is 0 Å². The third kappa shape index (κ3) is 4.75. The van der Waals surface area contributed by atoms with Gasteiger partial charge < -0.3 is 15.6 Å². The molecule has 0 bridgehead atoms. The van der Waals surface area contributed by atoms with Gasteiger partial charge in [0.25, 0.3) is 0 Å². The molecule has 4 nitrogen and oxygen atoms in total. The zero-order valence-corrected chi connectivity index (χ0v) is 6.75. The van der Waals surface area contributed by atoms with Gasteiger partial charge in [-0.05, 0) is 6.42 Å². The Labute approximate surface area is 66.3 Å². The molecule has 11 heavy (non-hydrogen) atoms. The fourth-order valence-corrected chi connectivity index (χ4v) is 0.610. The maximum atomic E-state index is 10.3. The van der Waals surface area contributed by atoms with Crippen molar-refractivity contribution in [3.05, 3.63) is 0 Å². The third-order valence-electron chi connectivity index (χ3n) is 1.31.